The fourth-order valence-electron chi connectivity index (χ4n) is 3.07. The quantitative estimate of drug-likeness (QED) is 0.618. The molecule has 0 spiro atoms. The van der Waals surface area contributed by atoms with Crippen LogP contribution in [0.4, 0.5) is 17.5 Å². The van der Waals surface area contributed by atoms with Crippen LogP contribution in [0.15, 0.2) is 48.5 Å². The molecule has 5 heteroatoms. The Morgan fingerprint density at radius 2 is 1.74 bits per heavy atom. The summed E-state index contributed by atoms with van der Waals surface area (Å²) in [5, 5.41) is 6.78. The number of aryl methyl sites for hydroxylation is 3. The van der Waals surface area contributed by atoms with Gasteiger partial charge in [0, 0.05) is 29.6 Å². The SMILES string of the molecule is CCc1cccc(C)c1Nc1cc(C)nc(NCc2ccccc2OC)n1. The number of hydrogen-bond donors (Lipinski definition) is 2. The molecule has 0 aliphatic carbocycles. The fraction of sp³-hybridized carbons (Fsp3) is 0.273. The van der Waals surface area contributed by atoms with Crippen molar-refractivity contribution in [2.45, 2.75) is 33.7 Å². The molecule has 0 unspecified atom stereocenters. The van der Waals surface area contributed by atoms with Crippen LogP contribution in [0.2, 0.25) is 0 Å². The Morgan fingerprint density at radius 3 is 2.52 bits per heavy atom. The lowest BCUT2D eigenvalue weighted by Crippen LogP contribution is -2.08. The van der Waals surface area contributed by atoms with Crippen molar-refractivity contribution in [3.05, 3.63) is 70.9 Å². The first-order valence-electron chi connectivity index (χ1n) is 9.17. The van der Waals surface area contributed by atoms with Gasteiger partial charge in [0.1, 0.15) is 11.6 Å². The summed E-state index contributed by atoms with van der Waals surface area (Å²) in [6.07, 6.45) is 0.965. The number of ether oxygens (including phenoxy) is 1. The summed E-state index contributed by atoms with van der Waals surface area (Å²) in [6, 6.07) is 16.2. The molecule has 27 heavy (non-hydrogen) atoms. The van der Waals surface area contributed by atoms with Crippen molar-refractivity contribution in [3.8, 4) is 5.75 Å². The standard InChI is InChI=1S/C22H26N4O/c1-5-17-11-8-9-15(2)21(17)25-20-13-16(3)24-22(26-20)23-14-18-10-6-7-12-19(18)27-4/h6-13H,5,14H2,1-4H3,(H2,23,24,25,26). The molecule has 0 radical (unpaired) electrons. The highest BCUT2D eigenvalue weighted by Gasteiger charge is 2.08. The molecule has 1 aromatic heterocycles. The van der Waals surface area contributed by atoms with Crippen molar-refractivity contribution in [1.29, 1.82) is 0 Å². The van der Waals surface area contributed by atoms with Crippen molar-refractivity contribution in [1.82, 2.24) is 9.97 Å². The lowest BCUT2D eigenvalue weighted by molar-refractivity contribution is 0.410. The van der Waals surface area contributed by atoms with E-state index in [9.17, 15) is 0 Å². The zero-order valence-electron chi connectivity index (χ0n) is 16.3. The highest BCUT2D eigenvalue weighted by Crippen LogP contribution is 2.25. The molecule has 0 amide bonds. The maximum atomic E-state index is 5.41. The summed E-state index contributed by atoms with van der Waals surface area (Å²) >= 11 is 0. The third-order valence-electron chi connectivity index (χ3n) is 4.48. The van der Waals surface area contributed by atoms with E-state index in [4.69, 9.17) is 4.74 Å². The maximum Gasteiger partial charge on any atom is 0.225 e. The molecule has 0 atom stereocenters. The van der Waals surface area contributed by atoms with Gasteiger partial charge in [-0.3, -0.25) is 0 Å². The molecule has 0 fully saturated rings. The molecule has 3 aromatic rings. The molecule has 0 bridgehead atoms. The lowest BCUT2D eigenvalue weighted by Gasteiger charge is -2.15. The first-order chi connectivity index (χ1) is 13.1. The number of nitrogens with zero attached hydrogens (tertiary/aromatic N) is 2. The summed E-state index contributed by atoms with van der Waals surface area (Å²) < 4.78 is 5.41. The predicted molar refractivity (Wildman–Crippen MR) is 111 cm³/mol. The van der Waals surface area contributed by atoms with Gasteiger partial charge in [-0.15, -0.1) is 0 Å². The van der Waals surface area contributed by atoms with Gasteiger partial charge in [0.25, 0.3) is 0 Å². The van der Waals surface area contributed by atoms with Crippen LogP contribution in [0.5, 0.6) is 5.75 Å². The van der Waals surface area contributed by atoms with Crippen LogP contribution in [-0.4, -0.2) is 17.1 Å². The van der Waals surface area contributed by atoms with E-state index in [0.29, 0.717) is 12.5 Å². The summed E-state index contributed by atoms with van der Waals surface area (Å²) in [4.78, 5) is 9.15. The van der Waals surface area contributed by atoms with E-state index in [0.717, 1.165) is 34.9 Å². The molecule has 0 aliphatic rings. The van der Waals surface area contributed by atoms with E-state index in [1.165, 1.54) is 11.1 Å². The summed E-state index contributed by atoms with van der Waals surface area (Å²) in [7, 11) is 1.68. The fourth-order valence-corrected chi connectivity index (χ4v) is 3.07. The second-order valence-corrected chi connectivity index (χ2v) is 6.47. The second-order valence-electron chi connectivity index (χ2n) is 6.47. The molecule has 2 N–H and O–H groups in total. The second kappa shape index (κ2) is 8.54. The van der Waals surface area contributed by atoms with Crippen LogP contribution in [-0.2, 0) is 13.0 Å². The van der Waals surface area contributed by atoms with Crippen LogP contribution < -0.4 is 15.4 Å². The monoisotopic (exact) mass is 362 g/mol. The average molecular weight is 362 g/mol. The highest BCUT2D eigenvalue weighted by atomic mass is 16.5. The Morgan fingerprint density at radius 1 is 0.963 bits per heavy atom. The van der Waals surface area contributed by atoms with E-state index in [1.807, 2.05) is 37.3 Å². The first kappa shape index (κ1) is 18.7. The zero-order chi connectivity index (χ0) is 19.2. The number of methoxy groups -OCH3 is 1. The van der Waals surface area contributed by atoms with Gasteiger partial charge in [0.2, 0.25) is 5.95 Å². The number of para-hydroxylation sites is 2. The minimum Gasteiger partial charge on any atom is -0.496 e. The third-order valence-corrected chi connectivity index (χ3v) is 4.48. The van der Waals surface area contributed by atoms with E-state index < -0.39 is 0 Å². The molecular weight excluding hydrogens is 336 g/mol. The Balaban J connectivity index is 1.81. The molecule has 3 rings (SSSR count). The number of rotatable bonds is 7. The zero-order valence-corrected chi connectivity index (χ0v) is 16.3. The average Bonchev–Trinajstić information content (AvgIpc) is 2.67. The topological polar surface area (TPSA) is 59.1 Å². The van der Waals surface area contributed by atoms with Crippen LogP contribution in [0.3, 0.4) is 0 Å². The highest BCUT2D eigenvalue weighted by molar-refractivity contribution is 5.65. The molecule has 1 heterocycles. The van der Waals surface area contributed by atoms with Gasteiger partial charge in [-0.2, -0.15) is 4.98 Å². The van der Waals surface area contributed by atoms with Gasteiger partial charge < -0.3 is 15.4 Å². The van der Waals surface area contributed by atoms with Gasteiger partial charge >= 0.3 is 0 Å². The number of hydrogen-bond acceptors (Lipinski definition) is 5. The molecule has 0 saturated carbocycles. The van der Waals surface area contributed by atoms with Crippen molar-refractivity contribution in [3.63, 3.8) is 0 Å². The normalized spacial score (nSPS) is 10.5. The smallest absolute Gasteiger partial charge is 0.225 e. The van der Waals surface area contributed by atoms with Crippen molar-refractivity contribution < 1.29 is 4.74 Å². The summed E-state index contributed by atoms with van der Waals surface area (Å²) in [5.74, 6) is 2.23. The van der Waals surface area contributed by atoms with Crippen LogP contribution in [0, 0.1) is 13.8 Å². The lowest BCUT2D eigenvalue weighted by atomic mass is 10.1. The molecule has 5 nitrogen and oxygen atoms in total. The van der Waals surface area contributed by atoms with E-state index >= 15 is 0 Å². The summed E-state index contributed by atoms with van der Waals surface area (Å²) in [5.41, 5.74) is 5.56. The number of aromatic nitrogens is 2. The van der Waals surface area contributed by atoms with E-state index in [-0.39, 0.29) is 0 Å². The maximum absolute atomic E-state index is 5.41. The first-order valence-corrected chi connectivity index (χ1v) is 9.17. The van der Waals surface area contributed by atoms with Gasteiger partial charge in [0.05, 0.1) is 7.11 Å². The van der Waals surface area contributed by atoms with E-state index in [2.05, 4.69) is 52.6 Å². The molecule has 0 saturated heterocycles. The number of nitrogens with one attached hydrogen (secondary N) is 2. The molecule has 140 valence electrons. The number of anilines is 3. The van der Waals surface area contributed by atoms with Crippen LogP contribution in [0.25, 0.3) is 0 Å². The Hall–Kier alpha value is -3.08. The van der Waals surface area contributed by atoms with E-state index in [1.54, 1.807) is 7.11 Å². The van der Waals surface area contributed by atoms with Gasteiger partial charge in [-0.25, -0.2) is 4.98 Å². The molecular formula is C22H26N4O. The Labute approximate surface area is 160 Å². The van der Waals surface area contributed by atoms with Crippen molar-refractivity contribution in [2.24, 2.45) is 0 Å². The Kier molecular flexibility index (Phi) is 5.91. The summed E-state index contributed by atoms with van der Waals surface area (Å²) in [6.45, 7) is 6.83. The third kappa shape index (κ3) is 4.56. The Bertz CT molecular complexity index is 924. The number of benzene rings is 2. The largest absolute Gasteiger partial charge is 0.496 e. The van der Waals surface area contributed by atoms with Gasteiger partial charge in [-0.05, 0) is 37.5 Å². The predicted octanol–water partition coefficient (Wildman–Crippen LogP) is 5.02. The van der Waals surface area contributed by atoms with Crippen molar-refractivity contribution >= 4 is 17.5 Å². The minimum atomic E-state index is 0.593. The van der Waals surface area contributed by atoms with Crippen molar-refractivity contribution in [2.75, 3.05) is 17.7 Å². The molecule has 2 aromatic carbocycles. The van der Waals surface area contributed by atoms with Gasteiger partial charge in [-0.1, -0.05) is 43.3 Å². The van der Waals surface area contributed by atoms with Crippen LogP contribution in [0.1, 0.15) is 29.3 Å². The van der Waals surface area contributed by atoms with Crippen LogP contribution >= 0.6 is 0 Å². The molecule has 0 aliphatic heterocycles. The minimum absolute atomic E-state index is 0.593. The van der Waals surface area contributed by atoms with Gasteiger partial charge in [0.15, 0.2) is 0 Å².